The van der Waals surface area contributed by atoms with E-state index in [1.807, 2.05) is 13.8 Å². The maximum absolute atomic E-state index is 11.9. The zero-order valence-electron chi connectivity index (χ0n) is 8.88. The maximum atomic E-state index is 11.9. The Labute approximate surface area is 92.9 Å². The average Bonchev–Trinajstić information content (AvgIpc) is 2.70. The van der Waals surface area contributed by atoms with Crippen molar-refractivity contribution in [3.63, 3.8) is 0 Å². The second-order valence-corrected chi connectivity index (χ2v) is 4.07. The molecule has 0 aromatic carbocycles. The van der Waals surface area contributed by atoms with Gasteiger partial charge < -0.3 is 10.0 Å². The molecule has 1 aromatic rings. The Morgan fingerprint density at radius 2 is 2.40 bits per heavy atom. The van der Waals surface area contributed by atoms with E-state index in [-0.39, 0.29) is 18.6 Å². The molecule has 0 aliphatic heterocycles. The van der Waals surface area contributed by atoms with Gasteiger partial charge >= 0.3 is 0 Å². The molecule has 15 heavy (non-hydrogen) atoms. The smallest absolute Gasteiger partial charge is 0.275 e. The van der Waals surface area contributed by atoms with Crippen molar-refractivity contribution in [2.24, 2.45) is 0 Å². The van der Waals surface area contributed by atoms with Crippen LogP contribution < -0.4 is 0 Å². The highest BCUT2D eigenvalue weighted by molar-refractivity contribution is 7.03. The third-order valence-corrected chi connectivity index (χ3v) is 2.53. The topological polar surface area (TPSA) is 66.3 Å². The van der Waals surface area contributed by atoms with Crippen molar-refractivity contribution in [1.82, 2.24) is 14.5 Å². The van der Waals surface area contributed by atoms with E-state index in [1.165, 1.54) is 0 Å². The fourth-order valence-corrected chi connectivity index (χ4v) is 1.67. The normalized spacial score (nSPS) is 10.7. The van der Waals surface area contributed by atoms with Crippen molar-refractivity contribution < 1.29 is 9.90 Å². The van der Waals surface area contributed by atoms with Crippen LogP contribution in [0.1, 0.15) is 30.8 Å². The Bertz CT molecular complexity index is 300. The van der Waals surface area contributed by atoms with E-state index in [2.05, 4.69) is 9.59 Å². The highest BCUT2D eigenvalue weighted by atomic mass is 32.1. The van der Waals surface area contributed by atoms with E-state index in [9.17, 15) is 4.79 Å². The fourth-order valence-electron chi connectivity index (χ4n) is 1.24. The van der Waals surface area contributed by atoms with E-state index in [4.69, 9.17) is 5.11 Å². The van der Waals surface area contributed by atoms with E-state index in [1.54, 1.807) is 10.3 Å². The number of carbonyl (C=O) groups excluding carboxylic acids is 1. The lowest BCUT2D eigenvalue weighted by molar-refractivity contribution is 0.0687. The molecule has 0 saturated carbocycles. The molecule has 0 saturated heterocycles. The number of amides is 1. The van der Waals surface area contributed by atoms with Gasteiger partial charge in [0.15, 0.2) is 5.69 Å². The summed E-state index contributed by atoms with van der Waals surface area (Å²) in [6.07, 6.45) is 0.585. The zero-order chi connectivity index (χ0) is 11.3. The number of aromatic nitrogens is 2. The summed E-state index contributed by atoms with van der Waals surface area (Å²) in [6, 6.07) is 0.103. The van der Waals surface area contributed by atoms with Crippen molar-refractivity contribution in [1.29, 1.82) is 0 Å². The molecule has 1 N–H and O–H groups in total. The summed E-state index contributed by atoms with van der Waals surface area (Å²) in [5, 5.41) is 14.1. The molecule has 0 bridgehead atoms. The van der Waals surface area contributed by atoms with Crippen molar-refractivity contribution >= 4 is 17.4 Å². The quantitative estimate of drug-likeness (QED) is 0.810. The van der Waals surface area contributed by atoms with Gasteiger partial charge in [0, 0.05) is 24.6 Å². The molecular formula is C9H15N3O2S. The maximum Gasteiger partial charge on any atom is 0.275 e. The summed E-state index contributed by atoms with van der Waals surface area (Å²) in [7, 11) is 0. The molecule has 0 aliphatic rings. The highest BCUT2D eigenvalue weighted by Crippen LogP contribution is 2.07. The fraction of sp³-hybridized carbons (Fsp3) is 0.667. The molecule has 6 heteroatoms. The lowest BCUT2D eigenvalue weighted by Crippen LogP contribution is -2.38. The van der Waals surface area contributed by atoms with Crippen LogP contribution in [-0.2, 0) is 0 Å². The van der Waals surface area contributed by atoms with Crippen LogP contribution in [0.4, 0.5) is 0 Å². The Morgan fingerprint density at radius 1 is 1.67 bits per heavy atom. The van der Waals surface area contributed by atoms with Gasteiger partial charge in [-0.1, -0.05) is 4.49 Å². The first-order valence-corrected chi connectivity index (χ1v) is 5.69. The summed E-state index contributed by atoms with van der Waals surface area (Å²) in [5.41, 5.74) is 0.381. The third-order valence-electron chi connectivity index (χ3n) is 2.02. The molecule has 1 aromatic heterocycles. The first kappa shape index (κ1) is 12.1. The Kier molecular flexibility index (Phi) is 4.64. The number of aliphatic hydroxyl groups is 1. The van der Waals surface area contributed by atoms with E-state index < -0.39 is 0 Å². The number of hydrogen-bond donors (Lipinski definition) is 1. The standard InChI is InChI=1S/C9H15N3O2S/c1-7(2)12(4-3-5-13)9(14)8-6-15-11-10-8/h6-7,13H,3-5H2,1-2H3. The van der Waals surface area contributed by atoms with Crippen molar-refractivity contribution in [2.75, 3.05) is 13.2 Å². The molecule has 0 spiro atoms. The van der Waals surface area contributed by atoms with E-state index in [0.29, 0.717) is 18.7 Å². The minimum absolute atomic E-state index is 0.0891. The van der Waals surface area contributed by atoms with Crippen molar-refractivity contribution in [3.05, 3.63) is 11.1 Å². The van der Waals surface area contributed by atoms with Crippen LogP contribution in [0.2, 0.25) is 0 Å². The average molecular weight is 229 g/mol. The van der Waals surface area contributed by atoms with Crippen LogP contribution in [0.25, 0.3) is 0 Å². The van der Waals surface area contributed by atoms with Gasteiger partial charge in [-0.2, -0.15) is 0 Å². The Hall–Kier alpha value is -1.01. The van der Waals surface area contributed by atoms with Crippen LogP contribution in [0.15, 0.2) is 5.38 Å². The molecule has 0 atom stereocenters. The van der Waals surface area contributed by atoms with Crippen LogP contribution >= 0.6 is 11.5 Å². The van der Waals surface area contributed by atoms with Crippen LogP contribution in [0.3, 0.4) is 0 Å². The molecule has 0 radical (unpaired) electrons. The Morgan fingerprint density at radius 3 is 2.87 bits per heavy atom. The third kappa shape index (κ3) is 3.24. The highest BCUT2D eigenvalue weighted by Gasteiger charge is 2.20. The van der Waals surface area contributed by atoms with Gasteiger partial charge in [-0.3, -0.25) is 4.79 Å². The molecule has 84 valence electrons. The minimum Gasteiger partial charge on any atom is -0.396 e. The molecule has 1 amide bonds. The van der Waals surface area contributed by atoms with Gasteiger partial charge in [0.2, 0.25) is 0 Å². The largest absolute Gasteiger partial charge is 0.396 e. The first-order valence-electron chi connectivity index (χ1n) is 4.85. The van der Waals surface area contributed by atoms with Gasteiger partial charge in [-0.15, -0.1) is 5.10 Å². The summed E-state index contributed by atoms with van der Waals surface area (Å²) in [5.74, 6) is -0.118. The van der Waals surface area contributed by atoms with Crippen molar-refractivity contribution in [3.8, 4) is 0 Å². The van der Waals surface area contributed by atoms with E-state index >= 15 is 0 Å². The zero-order valence-corrected chi connectivity index (χ0v) is 9.70. The lowest BCUT2D eigenvalue weighted by Gasteiger charge is -2.25. The van der Waals surface area contributed by atoms with Crippen LogP contribution in [0, 0.1) is 0 Å². The van der Waals surface area contributed by atoms with Gasteiger partial charge in [0.05, 0.1) is 0 Å². The van der Waals surface area contributed by atoms with Gasteiger partial charge in [-0.05, 0) is 31.8 Å². The predicted molar refractivity (Wildman–Crippen MR) is 57.8 cm³/mol. The minimum atomic E-state index is -0.118. The Balaban J connectivity index is 2.67. The number of rotatable bonds is 5. The number of nitrogens with zero attached hydrogens (tertiary/aromatic N) is 3. The summed E-state index contributed by atoms with van der Waals surface area (Å²) in [4.78, 5) is 13.6. The van der Waals surface area contributed by atoms with Gasteiger partial charge in [0.1, 0.15) is 0 Å². The number of carbonyl (C=O) groups is 1. The summed E-state index contributed by atoms with van der Waals surface area (Å²) >= 11 is 1.16. The second-order valence-electron chi connectivity index (χ2n) is 3.46. The predicted octanol–water partition coefficient (Wildman–Crippen LogP) is 0.771. The number of hydrogen-bond acceptors (Lipinski definition) is 5. The first-order chi connectivity index (χ1) is 7.16. The van der Waals surface area contributed by atoms with Crippen LogP contribution in [0.5, 0.6) is 0 Å². The molecule has 5 nitrogen and oxygen atoms in total. The van der Waals surface area contributed by atoms with Gasteiger partial charge in [0.25, 0.3) is 5.91 Å². The molecule has 0 aliphatic carbocycles. The van der Waals surface area contributed by atoms with Crippen LogP contribution in [-0.4, -0.2) is 44.7 Å². The molecule has 0 fully saturated rings. The van der Waals surface area contributed by atoms with E-state index in [0.717, 1.165) is 11.5 Å². The number of aliphatic hydroxyl groups excluding tert-OH is 1. The van der Waals surface area contributed by atoms with Gasteiger partial charge in [-0.25, -0.2) is 0 Å². The summed E-state index contributed by atoms with van der Waals surface area (Å²) in [6.45, 7) is 4.51. The molecular weight excluding hydrogens is 214 g/mol. The second kappa shape index (κ2) is 5.77. The van der Waals surface area contributed by atoms with Crippen molar-refractivity contribution in [2.45, 2.75) is 26.3 Å². The SMILES string of the molecule is CC(C)N(CCCO)C(=O)c1csnn1. The monoisotopic (exact) mass is 229 g/mol. The molecule has 0 unspecified atom stereocenters. The summed E-state index contributed by atoms with van der Waals surface area (Å²) < 4.78 is 3.66. The lowest BCUT2D eigenvalue weighted by atomic mass is 10.2. The molecule has 1 heterocycles. The molecule has 1 rings (SSSR count).